The van der Waals surface area contributed by atoms with E-state index in [1.165, 1.54) is 26.1 Å². The topological polar surface area (TPSA) is 99.0 Å². The van der Waals surface area contributed by atoms with Crippen LogP contribution in [0, 0.1) is 0 Å². The molecule has 1 amide bonds. The molecule has 0 saturated heterocycles. The van der Waals surface area contributed by atoms with Gasteiger partial charge in [0.15, 0.2) is 5.65 Å². The third-order valence-corrected chi connectivity index (χ3v) is 5.37. The highest BCUT2D eigenvalue weighted by Gasteiger charge is 2.24. The van der Waals surface area contributed by atoms with Crippen molar-refractivity contribution in [3.8, 4) is 0 Å². The van der Waals surface area contributed by atoms with Crippen LogP contribution in [0.1, 0.15) is 47.6 Å². The third-order valence-electron chi connectivity index (χ3n) is 5.37. The van der Waals surface area contributed by atoms with E-state index in [1.807, 2.05) is 0 Å². The van der Waals surface area contributed by atoms with Crippen LogP contribution in [0.5, 0.6) is 0 Å². The minimum atomic E-state index is -0.804. The van der Waals surface area contributed by atoms with Crippen LogP contribution in [0.2, 0.25) is 0 Å². The van der Waals surface area contributed by atoms with E-state index in [0.29, 0.717) is 23.5 Å². The quantitative estimate of drug-likeness (QED) is 0.646. The van der Waals surface area contributed by atoms with E-state index in [2.05, 4.69) is 24.8 Å². The molecule has 3 heterocycles. The second-order valence-corrected chi connectivity index (χ2v) is 7.27. The first-order valence-corrected chi connectivity index (χ1v) is 9.76. The molecule has 8 nitrogen and oxygen atoms in total. The molecule has 0 spiro atoms. The van der Waals surface area contributed by atoms with Crippen LogP contribution in [0.25, 0.3) is 11.2 Å². The van der Waals surface area contributed by atoms with E-state index in [1.54, 1.807) is 36.9 Å². The normalized spacial score (nSPS) is 15.3. The Kier molecular flexibility index (Phi) is 5.50. The molecule has 1 saturated carbocycles. The monoisotopic (exact) mass is 393 g/mol. The number of rotatable bonds is 6. The summed E-state index contributed by atoms with van der Waals surface area (Å²) in [5.74, 6) is -0.894. The van der Waals surface area contributed by atoms with Gasteiger partial charge in [-0.2, -0.15) is 0 Å². The lowest BCUT2D eigenvalue weighted by molar-refractivity contribution is -0.142. The van der Waals surface area contributed by atoms with E-state index in [0.717, 1.165) is 24.1 Å². The number of fused-ring (bicyclic) bond motifs is 1. The summed E-state index contributed by atoms with van der Waals surface area (Å²) in [6.45, 7) is 0. The summed E-state index contributed by atoms with van der Waals surface area (Å²) < 4.78 is 6.95. The number of ether oxygens (including phenoxy) is 1. The lowest BCUT2D eigenvalue weighted by atomic mass is 10.1. The highest BCUT2D eigenvalue weighted by molar-refractivity contribution is 5.98. The van der Waals surface area contributed by atoms with Crippen LogP contribution in [-0.4, -0.2) is 44.5 Å². The SMILES string of the molecule is COC(=O)[C@@H](Cc1ccncc1)NC(=O)c1cnc2c(c1)ncn2C1CCCC1. The number of amides is 1. The van der Waals surface area contributed by atoms with Crippen molar-refractivity contribution in [3.05, 3.63) is 54.2 Å². The number of nitrogens with zero attached hydrogens (tertiary/aromatic N) is 4. The van der Waals surface area contributed by atoms with E-state index in [4.69, 9.17) is 4.74 Å². The van der Waals surface area contributed by atoms with E-state index in [9.17, 15) is 9.59 Å². The van der Waals surface area contributed by atoms with Gasteiger partial charge < -0.3 is 14.6 Å². The van der Waals surface area contributed by atoms with Crippen LogP contribution in [0.4, 0.5) is 0 Å². The van der Waals surface area contributed by atoms with Crippen molar-refractivity contribution in [3.63, 3.8) is 0 Å². The summed E-state index contributed by atoms with van der Waals surface area (Å²) in [6, 6.07) is 4.93. The Morgan fingerprint density at radius 3 is 2.72 bits per heavy atom. The number of methoxy groups -OCH3 is 1. The highest BCUT2D eigenvalue weighted by atomic mass is 16.5. The molecule has 0 bridgehead atoms. The Morgan fingerprint density at radius 2 is 2.00 bits per heavy atom. The summed E-state index contributed by atoms with van der Waals surface area (Å²) in [4.78, 5) is 37.8. The predicted octanol–water partition coefficient (Wildman–Crippen LogP) is 2.46. The van der Waals surface area contributed by atoms with Gasteiger partial charge in [0.05, 0.1) is 19.0 Å². The maximum Gasteiger partial charge on any atom is 0.328 e. The highest BCUT2D eigenvalue weighted by Crippen LogP contribution is 2.31. The maximum atomic E-state index is 12.8. The van der Waals surface area contributed by atoms with Crippen LogP contribution >= 0.6 is 0 Å². The molecular formula is C21H23N5O3. The number of aromatic nitrogens is 4. The molecule has 4 rings (SSSR count). The summed E-state index contributed by atoms with van der Waals surface area (Å²) >= 11 is 0. The Hall–Kier alpha value is -3.29. The van der Waals surface area contributed by atoms with Gasteiger partial charge in [-0.3, -0.25) is 9.78 Å². The smallest absolute Gasteiger partial charge is 0.328 e. The van der Waals surface area contributed by atoms with Gasteiger partial charge in [-0.1, -0.05) is 12.8 Å². The molecule has 0 radical (unpaired) electrons. The number of imidazole rings is 1. The Bertz CT molecular complexity index is 1010. The second kappa shape index (κ2) is 8.38. The predicted molar refractivity (Wildman–Crippen MR) is 106 cm³/mol. The van der Waals surface area contributed by atoms with Crippen molar-refractivity contribution in [2.45, 2.75) is 44.2 Å². The Labute approximate surface area is 168 Å². The van der Waals surface area contributed by atoms with Crippen molar-refractivity contribution in [1.29, 1.82) is 0 Å². The van der Waals surface area contributed by atoms with Gasteiger partial charge in [0.25, 0.3) is 5.91 Å². The Balaban J connectivity index is 1.52. The minimum absolute atomic E-state index is 0.312. The van der Waals surface area contributed by atoms with Gasteiger partial charge in [0.1, 0.15) is 11.6 Å². The molecule has 1 fully saturated rings. The van der Waals surface area contributed by atoms with Gasteiger partial charge in [-0.25, -0.2) is 14.8 Å². The van der Waals surface area contributed by atoms with Crippen LogP contribution in [0.3, 0.4) is 0 Å². The summed E-state index contributed by atoms with van der Waals surface area (Å²) in [7, 11) is 1.30. The van der Waals surface area contributed by atoms with Crippen LogP contribution < -0.4 is 5.32 Å². The number of pyridine rings is 2. The first kappa shape index (κ1) is 19.0. The molecular weight excluding hydrogens is 370 g/mol. The molecule has 1 aliphatic carbocycles. The van der Waals surface area contributed by atoms with Gasteiger partial charge >= 0.3 is 5.97 Å². The number of esters is 1. The van der Waals surface area contributed by atoms with Gasteiger partial charge in [0.2, 0.25) is 0 Å². The number of hydrogen-bond acceptors (Lipinski definition) is 6. The fourth-order valence-corrected chi connectivity index (χ4v) is 3.82. The van der Waals surface area contributed by atoms with Gasteiger partial charge in [-0.05, 0) is 36.6 Å². The molecule has 1 atom stereocenters. The first-order valence-electron chi connectivity index (χ1n) is 9.76. The van der Waals surface area contributed by atoms with Crippen molar-refractivity contribution < 1.29 is 14.3 Å². The van der Waals surface area contributed by atoms with Gasteiger partial charge in [0, 0.05) is 31.1 Å². The maximum absolute atomic E-state index is 12.8. The second-order valence-electron chi connectivity index (χ2n) is 7.27. The van der Waals surface area contributed by atoms with Gasteiger partial charge in [-0.15, -0.1) is 0 Å². The lowest BCUT2D eigenvalue weighted by Crippen LogP contribution is -2.43. The third kappa shape index (κ3) is 4.11. The molecule has 0 aliphatic heterocycles. The first-order chi connectivity index (χ1) is 14.2. The number of carbonyl (C=O) groups excluding carboxylic acids is 2. The fourth-order valence-electron chi connectivity index (χ4n) is 3.82. The van der Waals surface area contributed by atoms with E-state index >= 15 is 0 Å². The molecule has 29 heavy (non-hydrogen) atoms. The minimum Gasteiger partial charge on any atom is -0.467 e. The van der Waals surface area contributed by atoms with Crippen molar-refractivity contribution in [1.82, 2.24) is 24.8 Å². The molecule has 150 valence electrons. The molecule has 1 aliphatic rings. The van der Waals surface area contributed by atoms with Crippen molar-refractivity contribution in [2.24, 2.45) is 0 Å². The van der Waals surface area contributed by atoms with Crippen molar-refractivity contribution >= 4 is 23.0 Å². The summed E-state index contributed by atoms with van der Waals surface area (Å²) in [5.41, 5.74) is 2.69. The fraction of sp³-hybridized carbons (Fsp3) is 0.381. The molecule has 8 heteroatoms. The van der Waals surface area contributed by atoms with Crippen LogP contribution in [0.15, 0.2) is 43.1 Å². The Morgan fingerprint density at radius 1 is 1.24 bits per heavy atom. The zero-order valence-corrected chi connectivity index (χ0v) is 16.2. The van der Waals surface area contributed by atoms with E-state index in [-0.39, 0.29) is 5.91 Å². The molecule has 3 aromatic rings. The van der Waals surface area contributed by atoms with E-state index < -0.39 is 12.0 Å². The summed E-state index contributed by atoms with van der Waals surface area (Å²) in [5, 5.41) is 2.75. The zero-order chi connectivity index (χ0) is 20.2. The number of carbonyl (C=O) groups is 2. The standard InChI is InChI=1S/C21H23N5O3/c1-29-21(28)18(10-14-6-8-22-9-7-14)25-20(27)15-11-17-19(23-12-15)26(13-24-17)16-4-2-3-5-16/h6-9,11-13,16,18H,2-5,10H2,1H3,(H,25,27)/t18-/m1/s1. The lowest BCUT2D eigenvalue weighted by Gasteiger charge is -2.16. The average molecular weight is 393 g/mol. The number of nitrogens with one attached hydrogen (secondary N) is 1. The van der Waals surface area contributed by atoms with Crippen LogP contribution in [-0.2, 0) is 16.0 Å². The number of hydrogen-bond donors (Lipinski definition) is 1. The largest absolute Gasteiger partial charge is 0.467 e. The zero-order valence-electron chi connectivity index (χ0n) is 16.2. The molecule has 0 aromatic carbocycles. The average Bonchev–Trinajstić information content (AvgIpc) is 3.42. The summed E-state index contributed by atoms with van der Waals surface area (Å²) in [6.07, 6.45) is 11.6. The molecule has 0 unspecified atom stereocenters. The molecule has 3 aromatic heterocycles. The van der Waals surface area contributed by atoms with Crippen molar-refractivity contribution in [2.75, 3.05) is 7.11 Å². The molecule has 1 N–H and O–H groups in total.